The van der Waals surface area contributed by atoms with Crippen molar-refractivity contribution in [1.82, 2.24) is 5.32 Å². The van der Waals surface area contributed by atoms with Crippen LogP contribution in [0.15, 0.2) is 42.5 Å². The van der Waals surface area contributed by atoms with Crippen molar-refractivity contribution in [1.29, 1.82) is 0 Å². The van der Waals surface area contributed by atoms with Crippen LogP contribution in [0.3, 0.4) is 0 Å². The summed E-state index contributed by atoms with van der Waals surface area (Å²) in [5.74, 6) is -1.04. The Morgan fingerprint density at radius 1 is 1.06 bits per heavy atom. The lowest BCUT2D eigenvalue weighted by Crippen LogP contribution is -2.45. The van der Waals surface area contributed by atoms with Gasteiger partial charge in [-0.2, -0.15) is 0 Å². The highest BCUT2D eigenvalue weighted by Gasteiger charge is 2.26. The molecule has 0 aliphatic carbocycles. The number of amides is 1. The quantitative estimate of drug-likeness (QED) is 0.533. The first-order valence-electron chi connectivity index (χ1n) is 9.99. The van der Waals surface area contributed by atoms with E-state index in [1.807, 2.05) is 55.4 Å². The van der Waals surface area contributed by atoms with Crippen LogP contribution in [0.4, 0.5) is 10.5 Å². The molecule has 7 heteroatoms. The number of hydrogen-bond acceptors (Lipinski definition) is 6. The van der Waals surface area contributed by atoms with Crippen molar-refractivity contribution in [2.45, 2.75) is 38.8 Å². The summed E-state index contributed by atoms with van der Waals surface area (Å²) in [5.41, 5.74) is 1.23. The van der Waals surface area contributed by atoms with E-state index >= 15 is 0 Å². The number of carbonyl (C=O) groups excluding carboxylic acids is 3. The molecule has 0 spiro atoms. The number of nitrogens with one attached hydrogen (secondary N) is 1. The minimum Gasteiger partial charge on any atom is -0.467 e. The van der Waals surface area contributed by atoms with Gasteiger partial charge in [-0.05, 0) is 43.9 Å². The van der Waals surface area contributed by atoms with Gasteiger partial charge in [-0.3, -0.25) is 4.79 Å². The Morgan fingerprint density at radius 3 is 2.29 bits per heavy atom. The van der Waals surface area contributed by atoms with Crippen LogP contribution in [0.5, 0.6) is 0 Å². The van der Waals surface area contributed by atoms with Gasteiger partial charge in [0.15, 0.2) is 5.78 Å². The van der Waals surface area contributed by atoms with Crippen LogP contribution in [-0.2, 0) is 19.1 Å². The van der Waals surface area contributed by atoms with E-state index in [9.17, 15) is 14.4 Å². The average molecular weight is 427 g/mol. The summed E-state index contributed by atoms with van der Waals surface area (Å²) in [6, 6.07) is 10.7. The van der Waals surface area contributed by atoms with E-state index in [1.54, 1.807) is 26.8 Å². The third kappa shape index (κ3) is 6.84. The summed E-state index contributed by atoms with van der Waals surface area (Å²) in [4.78, 5) is 38.6. The first-order valence-corrected chi connectivity index (χ1v) is 9.99. The van der Waals surface area contributed by atoms with Gasteiger partial charge in [-0.1, -0.05) is 36.4 Å². The lowest BCUT2D eigenvalue weighted by Gasteiger charge is -2.22. The van der Waals surface area contributed by atoms with E-state index in [-0.39, 0.29) is 12.2 Å². The van der Waals surface area contributed by atoms with Gasteiger partial charge in [0, 0.05) is 31.6 Å². The first-order chi connectivity index (χ1) is 14.5. The number of ketones is 1. The molecule has 166 valence electrons. The van der Waals surface area contributed by atoms with Crippen molar-refractivity contribution < 1.29 is 23.9 Å². The molecular formula is C24H30N2O5. The van der Waals surface area contributed by atoms with Crippen LogP contribution >= 0.6 is 0 Å². The van der Waals surface area contributed by atoms with Gasteiger partial charge < -0.3 is 19.7 Å². The van der Waals surface area contributed by atoms with Crippen molar-refractivity contribution in [3.63, 3.8) is 0 Å². The van der Waals surface area contributed by atoms with Crippen molar-refractivity contribution >= 4 is 40.4 Å². The molecule has 1 N–H and O–H groups in total. The van der Waals surface area contributed by atoms with Crippen LogP contribution in [0.25, 0.3) is 16.8 Å². The molecule has 0 bridgehead atoms. The molecule has 2 rings (SSSR count). The number of alkyl carbamates (subject to hydrolysis) is 1. The molecule has 7 nitrogen and oxygen atoms in total. The maximum Gasteiger partial charge on any atom is 0.408 e. The smallest absolute Gasteiger partial charge is 0.408 e. The molecule has 0 aromatic heterocycles. The molecule has 0 aliphatic heterocycles. The minimum absolute atomic E-state index is 0.240. The van der Waals surface area contributed by atoms with E-state index < -0.39 is 23.7 Å². The van der Waals surface area contributed by atoms with Gasteiger partial charge in [0.05, 0.1) is 7.11 Å². The van der Waals surface area contributed by atoms with E-state index in [0.717, 1.165) is 22.0 Å². The summed E-state index contributed by atoms with van der Waals surface area (Å²) in [6.07, 6.45) is 2.09. The molecule has 0 aliphatic rings. The minimum atomic E-state index is -1.13. The Kier molecular flexibility index (Phi) is 7.80. The summed E-state index contributed by atoms with van der Waals surface area (Å²) in [5, 5.41) is 4.49. The van der Waals surface area contributed by atoms with Crippen molar-refractivity contribution in [2.24, 2.45) is 0 Å². The first kappa shape index (κ1) is 23.9. The molecule has 0 saturated carbocycles. The zero-order chi connectivity index (χ0) is 23.2. The number of rotatable bonds is 7. The average Bonchev–Trinajstić information content (AvgIpc) is 2.69. The molecule has 2 aromatic carbocycles. The summed E-state index contributed by atoms with van der Waals surface area (Å²) in [7, 11) is 5.15. The number of esters is 1. The third-order valence-electron chi connectivity index (χ3n) is 4.45. The highest BCUT2D eigenvalue weighted by Crippen LogP contribution is 2.29. The predicted octanol–water partition coefficient (Wildman–Crippen LogP) is 3.94. The Hall–Kier alpha value is -3.35. The van der Waals surface area contributed by atoms with E-state index in [0.29, 0.717) is 0 Å². The Bertz CT molecular complexity index is 989. The fourth-order valence-electron chi connectivity index (χ4n) is 3.08. The fourth-order valence-corrected chi connectivity index (χ4v) is 3.08. The summed E-state index contributed by atoms with van der Waals surface area (Å²) < 4.78 is 9.87. The maximum absolute atomic E-state index is 12.5. The number of carbonyl (C=O) groups is 3. The van der Waals surface area contributed by atoms with E-state index in [4.69, 9.17) is 9.47 Å². The van der Waals surface area contributed by atoms with Crippen LogP contribution < -0.4 is 10.2 Å². The topological polar surface area (TPSA) is 84.9 Å². The monoisotopic (exact) mass is 426 g/mol. The predicted molar refractivity (Wildman–Crippen MR) is 122 cm³/mol. The fraction of sp³-hybridized carbons (Fsp3) is 0.375. The highest BCUT2D eigenvalue weighted by molar-refractivity contribution is 6.03. The van der Waals surface area contributed by atoms with Gasteiger partial charge in [-0.15, -0.1) is 0 Å². The van der Waals surface area contributed by atoms with Crippen molar-refractivity contribution in [3.8, 4) is 0 Å². The zero-order valence-electron chi connectivity index (χ0n) is 18.9. The molecule has 1 amide bonds. The molecule has 0 fully saturated rings. The number of allylic oxidation sites excluding steroid dienone is 1. The molecule has 2 aromatic rings. The van der Waals surface area contributed by atoms with Gasteiger partial charge >= 0.3 is 12.1 Å². The lowest BCUT2D eigenvalue weighted by atomic mass is 10.0. The van der Waals surface area contributed by atoms with E-state index in [1.165, 1.54) is 13.2 Å². The van der Waals surface area contributed by atoms with Gasteiger partial charge in [0.2, 0.25) is 0 Å². The molecule has 31 heavy (non-hydrogen) atoms. The van der Waals surface area contributed by atoms with Gasteiger partial charge in [-0.25, -0.2) is 9.59 Å². The number of fused-ring (bicyclic) bond motifs is 1. The normalized spacial score (nSPS) is 12.5. The second-order valence-corrected chi connectivity index (χ2v) is 8.34. The number of nitrogens with zero attached hydrogens (tertiary/aromatic N) is 1. The lowest BCUT2D eigenvalue weighted by molar-refractivity contribution is -0.144. The highest BCUT2D eigenvalue weighted by atomic mass is 16.6. The number of benzene rings is 2. The van der Waals surface area contributed by atoms with Crippen molar-refractivity contribution in [3.05, 3.63) is 48.0 Å². The van der Waals surface area contributed by atoms with Crippen molar-refractivity contribution in [2.75, 3.05) is 26.1 Å². The molecule has 1 atom stereocenters. The number of ether oxygens (including phenoxy) is 2. The Labute approximate surface area is 183 Å². The molecule has 0 unspecified atom stereocenters. The number of anilines is 1. The SMILES string of the molecule is COC(=O)[C@H](CC(=O)/C=C/c1ccc(N(C)C)c2ccccc12)NC(=O)OC(C)(C)C. The third-order valence-corrected chi connectivity index (χ3v) is 4.45. The van der Waals surface area contributed by atoms with Crippen LogP contribution in [-0.4, -0.2) is 50.7 Å². The van der Waals surface area contributed by atoms with Gasteiger partial charge in [0.25, 0.3) is 0 Å². The Balaban J connectivity index is 2.18. The van der Waals surface area contributed by atoms with Crippen LogP contribution in [0, 0.1) is 0 Å². The molecular weight excluding hydrogens is 396 g/mol. The largest absolute Gasteiger partial charge is 0.467 e. The molecule has 0 saturated heterocycles. The van der Waals surface area contributed by atoms with Crippen LogP contribution in [0.2, 0.25) is 0 Å². The number of methoxy groups -OCH3 is 1. The second-order valence-electron chi connectivity index (χ2n) is 8.34. The van der Waals surface area contributed by atoms with Gasteiger partial charge in [0.1, 0.15) is 11.6 Å². The standard InChI is InChI=1S/C24H30N2O5/c1-24(2,3)31-23(29)25-20(22(28)30-6)15-17(27)13-11-16-12-14-21(26(4)5)19-10-8-7-9-18(16)19/h7-14,20H,15H2,1-6H3,(H,25,29)/b13-11+/t20-/m0/s1. The molecule has 0 radical (unpaired) electrons. The summed E-state index contributed by atoms with van der Waals surface area (Å²) >= 11 is 0. The molecule has 0 heterocycles. The van der Waals surface area contributed by atoms with E-state index in [2.05, 4.69) is 5.32 Å². The second kappa shape index (κ2) is 10.1. The van der Waals surface area contributed by atoms with Crippen LogP contribution in [0.1, 0.15) is 32.8 Å². The number of hydrogen-bond donors (Lipinski definition) is 1. The summed E-state index contributed by atoms with van der Waals surface area (Å²) in [6.45, 7) is 5.12. The maximum atomic E-state index is 12.5. The zero-order valence-corrected chi connectivity index (χ0v) is 18.9. The Morgan fingerprint density at radius 2 is 1.71 bits per heavy atom.